The van der Waals surface area contributed by atoms with Crippen molar-refractivity contribution in [1.82, 2.24) is 0 Å². The number of unbranched alkanes of at least 4 members (excludes halogenated alkanes) is 5. The van der Waals surface area contributed by atoms with Crippen LogP contribution < -0.4 is 4.74 Å². The number of rotatable bonds is 17. The van der Waals surface area contributed by atoms with Crippen LogP contribution in [0.5, 0.6) is 5.75 Å². The second-order valence-corrected chi connectivity index (χ2v) is 13.3. The molecule has 268 valence electrons. The largest absolute Gasteiger partial charge is 0.494 e. The maximum Gasteiger partial charge on any atom is 0.338 e. The van der Waals surface area contributed by atoms with Crippen molar-refractivity contribution in [1.29, 1.82) is 0 Å². The Morgan fingerprint density at radius 3 is 1.59 bits per heavy atom. The third-order valence-corrected chi connectivity index (χ3v) is 9.53. The van der Waals surface area contributed by atoms with E-state index in [1.54, 1.807) is 91.0 Å². The van der Waals surface area contributed by atoms with E-state index in [4.69, 9.17) is 23.7 Å². The first-order valence-corrected chi connectivity index (χ1v) is 18.3. The highest BCUT2D eigenvalue weighted by molar-refractivity contribution is 7.99. The lowest BCUT2D eigenvalue weighted by molar-refractivity contribution is -0.207. The second kappa shape index (κ2) is 19.7. The van der Waals surface area contributed by atoms with E-state index in [-0.39, 0.29) is 16.7 Å². The molecular weight excluding hydrogens is 669 g/mol. The van der Waals surface area contributed by atoms with Crippen LogP contribution in [0.4, 0.5) is 0 Å². The summed E-state index contributed by atoms with van der Waals surface area (Å²) in [4.78, 5) is 41.2. The number of carbonyl (C=O) groups is 3. The van der Waals surface area contributed by atoms with Crippen molar-refractivity contribution in [3.05, 3.63) is 132 Å². The van der Waals surface area contributed by atoms with E-state index in [9.17, 15) is 19.5 Å². The summed E-state index contributed by atoms with van der Waals surface area (Å²) in [7, 11) is 0. The molecule has 5 rings (SSSR count). The summed E-state index contributed by atoms with van der Waals surface area (Å²) in [6, 6.07) is 32.4. The molecule has 4 aromatic rings. The Kier molecular flexibility index (Phi) is 14.5. The Hall–Kier alpha value is -4.64. The maximum absolute atomic E-state index is 13.6. The molecule has 0 radical (unpaired) electrons. The zero-order chi connectivity index (χ0) is 35.8. The molecule has 0 saturated carbocycles. The minimum Gasteiger partial charge on any atom is -0.494 e. The van der Waals surface area contributed by atoms with Crippen molar-refractivity contribution >= 4 is 29.7 Å². The van der Waals surface area contributed by atoms with Crippen LogP contribution in [0.3, 0.4) is 0 Å². The number of hydrogen-bond acceptors (Lipinski definition) is 10. The van der Waals surface area contributed by atoms with E-state index >= 15 is 0 Å². The van der Waals surface area contributed by atoms with Gasteiger partial charge in [0.15, 0.2) is 18.3 Å². The van der Waals surface area contributed by atoms with Crippen molar-refractivity contribution in [2.24, 2.45) is 0 Å². The van der Waals surface area contributed by atoms with Gasteiger partial charge >= 0.3 is 17.9 Å². The molecule has 1 N–H and O–H groups in total. The molecule has 51 heavy (non-hydrogen) atoms. The molecule has 0 amide bonds. The summed E-state index contributed by atoms with van der Waals surface area (Å²) < 4.78 is 30.4. The highest BCUT2D eigenvalue weighted by atomic mass is 32.2. The van der Waals surface area contributed by atoms with Gasteiger partial charge in [-0.05, 0) is 67.1 Å². The van der Waals surface area contributed by atoms with Crippen molar-refractivity contribution in [2.45, 2.75) is 80.2 Å². The lowest BCUT2D eigenvalue weighted by atomic mass is 9.98. The molecular formula is C41H44O9S. The molecule has 10 heteroatoms. The standard InChI is InChI=1S/C41H44O9S/c1-2-3-4-5-6-16-27-46-32-23-25-33(26-24-32)51-41-37(50-40(45)31-21-14-9-15-22-31)36(49-39(44)30-19-12-8-13-20-30)35(34(28-42)47-41)48-38(43)29-17-10-7-11-18-29/h7-15,17-26,34-37,41-42H,2-6,16,27-28H2,1H3/t34-,35-,36+,37-,41+/m1/s1. The van der Waals surface area contributed by atoms with Crippen molar-refractivity contribution < 1.29 is 43.2 Å². The second-order valence-electron chi connectivity index (χ2n) is 12.1. The van der Waals surface area contributed by atoms with Crippen molar-refractivity contribution in [3.8, 4) is 5.75 Å². The number of thioether (sulfide) groups is 1. The first-order chi connectivity index (χ1) is 25.0. The van der Waals surface area contributed by atoms with Crippen molar-refractivity contribution in [3.63, 3.8) is 0 Å². The number of ether oxygens (including phenoxy) is 5. The Labute approximate surface area is 303 Å². The van der Waals surface area contributed by atoms with Crippen LogP contribution in [0.1, 0.15) is 76.5 Å². The van der Waals surface area contributed by atoms with Gasteiger partial charge in [-0.3, -0.25) is 0 Å². The van der Waals surface area contributed by atoms with Crippen LogP contribution in [0.25, 0.3) is 0 Å². The Balaban J connectivity index is 1.41. The molecule has 9 nitrogen and oxygen atoms in total. The molecule has 1 aliphatic rings. The number of esters is 3. The van der Waals surface area contributed by atoms with E-state index in [0.717, 1.165) is 23.5 Å². The van der Waals surface area contributed by atoms with Gasteiger partial charge in [-0.25, -0.2) is 14.4 Å². The fourth-order valence-electron chi connectivity index (χ4n) is 5.64. The lowest BCUT2D eigenvalue weighted by Gasteiger charge is -2.44. The normalized spacial score (nSPS) is 19.8. The summed E-state index contributed by atoms with van der Waals surface area (Å²) in [6.07, 6.45) is 1.92. The predicted octanol–water partition coefficient (Wildman–Crippen LogP) is 7.91. The maximum atomic E-state index is 13.6. The summed E-state index contributed by atoms with van der Waals surface area (Å²) >= 11 is 1.22. The van der Waals surface area contributed by atoms with E-state index in [1.807, 2.05) is 24.3 Å². The van der Waals surface area contributed by atoms with Gasteiger partial charge in [-0.1, -0.05) is 105 Å². The molecule has 1 saturated heterocycles. The molecule has 0 unspecified atom stereocenters. The first kappa shape index (κ1) is 37.6. The highest BCUT2D eigenvalue weighted by Gasteiger charge is 2.52. The number of aliphatic hydroxyl groups excluding tert-OH is 1. The van der Waals surface area contributed by atoms with Crippen LogP contribution in [-0.4, -0.2) is 66.1 Å². The zero-order valence-corrected chi connectivity index (χ0v) is 29.5. The molecule has 0 bridgehead atoms. The summed E-state index contributed by atoms with van der Waals surface area (Å²) in [5.41, 5.74) is -0.227. The average molecular weight is 713 g/mol. The van der Waals surface area contributed by atoms with Gasteiger partial charge in [0.05, 0.1) is 29.9 Å². The number of aliphatic hydroxyl groups is 1. The van der Waals surface area contributed by atoms with Gasteiger partial charge in [0.2, 0.25) is 0 Å². The van der Waals surface area contributed by atoms with Gasteiger partial charge in [-0.15, -0.1) is 0 Å². The van der Waals surface area contributed by atoms with Gasteiger partial charge in [0.1, 0.15) is 17.3 Å². The topological polar surface area (TPSA) is 118 Å². The van der Waals surface area contributed by atoms with E-state index in [1.165, 1.54) is 37.4 Å². The molecule has 1 fully saturated rings. The van der Waals surface area contributed by atoms with Crippen LogP contribution >= 0.6 is 11.8 Å². The molecule has 0 aliphatic carbocycles. The van der Waals surface area contributed by atoms with Crippen LogP contribution in [-0.2, 0) is 18.9 Å². The van der Waals surface area contributed by atoms with Crippen LogP contribution in [0.2, 0.25) is 0 Å². The third kappa shape index (κ3) is 10.9. The Morgan fingerprint density at radius 1 is 0.608 bits per heavy atom. The van der Waals surface area contributed by atoms with Gasteiger partial charge in [0, 0.05) is 4.90 Å². The average Bonchev–Trinajstić information content (AvgIpc) is 3.18. The fraction of sp³-hybridized carbons (Fsp3) is 0.341. The third-order valence-electron chi connectivity index (χ3n) is 8.37. The van der Waals surface area contributed by atoms with E-state index < -0.39 is 54.4 Å². The predicted molar refractivity (Wildman–Crippen MR) is 194 cm³/mol. The molecule has 0 spiro atoms. The summed E-state index contributed by atoms with van der Waals surface area (Å²) in [5.74, 6) is -1.42. The monoisotopic (exact) mass is 712 g/mol. The van der Waals surface area contributed by atoms with Crippen LogP contribution in [0, 0.1) is 0 Å². The summed E-state index contributed by atoms with van der Waals surface area (Å²) in [6.45, 7) is 2.25. The van der Waals surface area contributed by atoms with E-state index in [2.05, 4.69) is 6.92 Å². The molecule has 1 aliphatic heterocycles. The Morgan fingerprint density at radius 2 is 1.08 bits per heavy atom. The van der Waals surface area contributed by atoms with Crippen molar-refractivity contribution in [2.75, 3.05) is 13.2 Å². The minimum absolute atomic E-state index is 0.242. The first-order valence-electron chi connectivity index (χ1n) is 17.4. The Bertz CT molecular complexity index is 1650. The summed E-state index contributed by atoms with van der Waals surface area (Å²) in [5, 5.41) is 10.6. The van der Waals surface area contributed by atoms with Gasteiger partial charge in [0.25, 0.3) is 0 Å². The number of hydrogen-bond donors (Lipinski definition) is 1. The quantitative estimate of drug-likeness (QED) is 0.0658. The van der Waals surface area contributed by atoms with Gasteiger partial charge in [-0.2, -0.15) is 0 Å². The SMILES string of the molecule is CCCCCCCCOc1ccc(S[C@@H]2O[C@H](CO)[C@@H](OC(=O)c3ccccc3)[C@H](OC(=O)c3ccccc3)[C@H]2OC(=O)c2ccccc2)cc1. The zero-order valence-electron chi connectivity index (χ0n) is 28.6. The minimum atomic E-state index is -1.36. The molecule has 4 aromatic carbocycles. The van der Waals surface area contributed by atoms with Gasteiger partial charge < -0.3 is 28.8 Å². The highest BCUT2D eigenvalue weighted by Crippen LogP contribution is 2.38. The molecule has 0 aromatic heterocycles. The lowest BCUT2D eigenvalue weighted by Crippen LogP contribution is -2.61. The molecule has 1 heterocycles. The fourth-order valence-corrected chi connectivity index (χ4v) is 6.74. The number of carbonyl (C=O) groups excluding carboxylic acids is 3. The van der Waals surface area contributed by atoms with Crippen LogP contribution in [0.15, 0.2) is 120 Å². The molecule has 5 atom stereocenters. The number of benzene rings is 4. The smallest absolute Gasteiger partial charge is 0.338 e. The van der Waals surface area contributed by atoms with E-state index in [0.29, 0.717) is 6.61 Å².